The van der Waals surface area contributed by atoms with Crippen molar-refractivity contribution in [2.24, 2.45) is 0 Å². The molecular formula is C23H19FN2O3S2. The summed E-state index contributed by atoms with van der Waals surface area (Å²) in [6.45, 7) is 0. The van der Waals surface area contributed by atoms with Gasteiger partial charge in [0.25, 0.3) is 5.56 Å². The number of hydrogen-bond acceptors (Lipinski definition) is 5. The van der Waals surface area contributed by atoms with Crippen molar-refractivity contribution in [3.63, 3.8) is 0 Å². The van der Waals surface area contributed by atoms with E-state index in [0.717, 1.165) is 0 Å². The van der Waals surface area contributed by atoms with E-state index in [1.165, 1.54) is 28.5 Å². The van der Waals surface area contributed by atoms with E-state index in [1.807, 2.05) is 0 Å². The Bertz CT molecular complexity index is 1390. The third kappa shape index (κ3) is 4.55. The van der Waals surface area contributed by atoms with E-state index in [-0.39, 0.29) is 21.9 Å². The molecule has 1 heterocycles. The van der Waals surface area contributed by atoms with Gasteiger partial charge in [0.2, 0.25) is 0 Å². The quantitative estimate of drug-likeness (QED) is 0.234. The maximum absolute atomic E-state index is 14.5. The molecule has 0 aliphatic rings. The number of sulfone groups is 1. The zero-order valence-corrected chi connectivity index (χ0v) is 18.1. The van der Waals surface area contributed by atoms with Crippen LogP contribution >= 0.6 is 11.8 Å². The Morgan fingerprint density at radius 3 is 2.35 bits per heavy atom. The van der Waals surface area contributed by atoms with E-state index in [1.54, 1.807) is 66.7 Å². The summed E-state index contributed by atoms with van der Waals surface area (Å²) >= 11 is 1.24. The zero-order chi connectivity index (χ0) is 21.8. The van der Waals surface area contributed by atoms with E-state index in [2.05, 4.69) is 4.98 Å². The predicted octanol–water partition coefficient (Wildman–Crippen LogP) is 4.48. The minimum Gasteiger partial charge on any atom is -0.268 e. The van der Waals surface area contributed by atoms with Crippen molar-refractivity contribution in [3.8, 4) is 5.69 Å². The maximum Gasteiger partial charge on any atom is 0.266 e. The highest BCUT2D eigenvalue weighted by molar-refractivity contribution is 7.99. The second kappa shape index (κ2) is 9.03. The van der Waals surface area contributed by atoms with Gasteiger partial charge in [0.1, 0.15) is 5.82 Å². The molecule has 0 unspecified atom stereocenters. The van der Waals surface area contributed by atoms with Crippen LogP contribution in [0.15, 0.2) is 93.7 Å². The first kappa shape index (κ1) is 21.3. The van der Waals surface area contributed by atoms with Crippen LogP contribution in [0.1, 0.15) is 6.42 Å². The molecule has 8 heteroatoms. The summed E-state index contributed by atoms with van der Waals surface area (Å²) in [5, 5.41) is 0.715. The van der Waals surface area contributed by atoms with Crippen molar-refractivity contribution in [1.82, 2.24) is 9.55 Å². The molecule has 0 saturated carbocycles. The van der Waals surface area contributed by atoms with Crippen LogP contribution in [0.4, 0.5) is 4.39 Å². The second-order valence-electron chi connectivity index (χ2n) is 6.84. The van der Waals surface area contributed by atoms with E-state index >= 15 is 0 Å². The van der Waals surface area contributed by atoms with Gasteiger partial charge in [-0.1, -0.05) is 54.2 Å². The van der Waals surface area contributed by atoms with Gasteiger partial charge in [-0.15, -0.1) is 0 Å². The van der Waals surface area contributed by atoms with E-state index in [4.69, 9.17) is 0 Å². The van der Waals surface area contributed by atoms with E-state index in [9.17, 15) is 17.6 Å². The molecule has 5 nitrogen and oxygen atoms in total. The van der Waals surface area contributed by atoms with Gasteiger partial charge in [-0.25, -0.2) is 17.8 Å². The average molecular weight is 455 g/mol. The van der Waals surface area contributed by atoms with Gasteiger partial charge < -0.3 is 0 Å². The lowest BCUT2D eigenvalue weighted by molar-refractivity contribution is 0.595. The molecule has 0 amide bonds. The third-order valence-electron chi connectivity index (χ3n) is 4.73. The van der Waals surface area contributed by atoms with Crippen LogP contribution in [0.5, 0.6) is 0 Å². The highest BCUT2D eigenvalue weighted by Crippen LogP contribution is 2.24. The molecule has 31 heavy (non-hydrogen) atoms. The van der Waals surface area contributed by atoms with Crippen LogP contribution in [-0.2, 0) is 9.84 Å². The van der Waals surface area contributed by atoms with Gasteiger partial charge in [0.05, 0.1) is 27.2 Å². The summed E-state index contributed by atoms with van der Waals surface area (Å²) in [5.74, 6) is -0.150. The van der Waals surface area contributed by atoms with Crippen LogP contribution in [0, 0.1) is 5.82 Å². The largest absolute Gasteiger partial charge is 0.268 e. The fourth-order valence-corrected chi connectivity index (χ4v) is 5.67. The fourth-order valence-electron chi connectivity index (χ4n) is 3.21. The number of aromatic nitrogens is 2. The molecule has 158 valence electrons. The summed E-state index contributed by atoms with van der Waals surface area (Å²) in [6.07, 6.45) is 0.363. The molecule has 0 radical (unpaired) electrons. The third-order valence-corrected chi connectivity index (χ3v) is 7.57. The molecule has 4 rings (SSSR count). The number of hydrogen-bond donors (Lipinski definition) is 0. The van der Waals surface area contributed by atoms with Crippen molar-refractivity contribution < 1.29 is 12.8 Å². The van der Waals surface area contributed by atoms with Crippen LogP contribution in [0.25, 0.3) is 16.6 Å². The SMILES string of the molecule is O=c1c2ccccc2nc(SCCCS(=O)(=O)c2ccccc2)n1-c1ccccc1F. The fraction of sp³-hybridized carbons (Fsp3) is 0.130. The Hall–Kier alpha value is -2.97. The molecule has 0 aliphatic heterocycles. The van der Waals surface area contributed by atoms with Crippen LogP contribution in [0.3, 0.4) is 0 Å². The van der Waals surface area contributed by atoms with E-state index in [0.29, 0.717) is 28.2 Å². The van der Waals surface area contributed by atoms with E-state index < -0.39 is 15.7 Å². The van der Waals surface area contributed by atoms with Crippen LogP contribution in [0.2, 0.25) is 0 Å². The first-order chi connectivity index (χ1) is 15.0. The first-order valence-corrected chi connectivity index (χ1v) is 12.3. The smallest absolute Gasteiger partial charge is 0.266 e. The molecule has 0 spiro atoms. The molecule has 4 aromatic rings. The average Bonchev–Trinajstić information content (AvgIpc) is 2.78. The molecule has 0 aliphatic carbocycles. The Kier molecular flexibility index (Phi) is 6.20. The summed E-state index contributed by atoms with van der Waals surface area (Å²) in [7, 11) is -3.39. The molecule has 0 bridgehead atoms. The number of halogens is 1. The lowest BCUT2D eigenvalue weighted by Gasteiger charge is -2.14. The number of benzene rings is 3. The normalized spacial score (nSPS) is 11.6. The molecule has 0 saturated heterocycles. The highest BCUT2D eigenvalue weighted by atomic mass is 32.2. The number of thioether (sulfide) groups is 1. The molecule has 0 fully saturated rings. The minimum absolute atomic E-state index is 0.0263. The maximum atomic E-state index is 14.5. The van der Waals surface area contributed by atoms with Gasteiger partial charge >= 0.3 is 0 Å². The Labute approximate surface area is 183 Å². The number of nitrogens with zero attached hydrogens (tertiary/aromatic N) is 2. The van der Waals surface area contributed by atoms with Crippen LogP contribution < -0.4 is 5.56 Å². The molecule has 3 aromatic carbocycles. The number of rotatable bonds is 7. The van der Waals surface area contributed by atoms with Gasteiger partial charge in [0.15, 0.2) is 15.0 Å². The first-order valence-electron chi connectivity index (χ1n) is 9.65. The predicted molar refractivity (Wildman–Crippen MR) is 121 cm³/mol. The molecule has 1 aromatic heterocycles. The summed E-state index contributed by atoms with van der Waals surface area (Å²) < 4.78 is 40.7. The van der Waals surface area contributed by atoms with Gasteiger partial charge in [-0.3, -0.25) is 9.36 Å². The minimum atomic E-state index is -3.39. The zero-order valence-electron chi connectivity index (χ0n) is 16.4. The molecular weight excluding hydrogens is 435 g/mol. The van der Waals surface area contributed by atoms with Gasteiger partial charge in [-0.05, 0) is 42.8 Å². The van der Waals surface area contributed by atoms with Crippen molar-refractivity contribution >= 4 is 32.5 Å². The second-order valence-corrected chi connectivity index (χ2v) is 10.0. The number of para-hydroxylation sites is 2. The van der Waals surface area contributed by atoms with Gasteiger partial charge in [0, 0.05) is 5.75 Å². The van der Waals surface area contributed by atoms with Crippen molar-refractivity contribution in [2.45, 2.75) is 16.5 Å². The summed E-state index contributed by atoms with van der Waals surface area (Å²) in [6, 6.07) is 21.2. The summed E-state index contributed by atoms with van der Waals surface area (Å²) in [4.78, 5) is 18.0. The lowest BCUT2D eigenvalue weighted by atomic mass is 10.2. The van der Waals surface area contributed by atoms with Crippen molar-refractivity contribution in [2.75, 3.05) is 11.5 Å². The number of fused-ring (bicyclic) bond motifs is 1. The van der Waals surface area contributed by atoms with Crippen LogP contribution in [-0.4, -0.2) is 29.5 Å². The Morgan fingerprint density at radius 1 is 0.903 bits per heavy atom. The topological polar surface area (TPSA) is 69.0 Å². The Morgan fingerprint density at radius 2 is 1.58 bits per heavy atom. The standard InChI is InChI=1S/C23H19FN2O3S2/c24-19-12-5-7-14-21(19)26-22(27)18-11-4-6-13-20(18)25-23(26)30-15-8-16-31(28,29)17-9-2-1-3-10-17/h1-7,9-14H,8,15-16H2. The van der Waals surface area contributed by atoms with Crippen molar-refractivity contribution in [3.05, 3.63) is 95.0 Å². The summed E-state index contributed by atoms with van der Waals surface area (Å²) in [5.41, 5.74) is 0.264. The van der Waals surface area contributed by atoms with Crippen molar-refractivity contribution in [1.29, 1.82) is 0 Å². The Balaban J connectivity index is 1.62. The highest BCUT2D eigenvalue weighted by Gasteiger charge is 2.17. The van der Waals surface area contributed by atoms with Gasteiger partial charge in [-0.2, -0.15) is 0 Å². The molecule has 0 atom stereocenters. The monoisotopic (exact) mass is 454 g/mol. The lowest BCUT2D eigenvalue weighted by Crippen LogP contribution is -2.22. The molecule has 0 N–H and O–H groups in total.